The average Bonchev–Trinajstić information content (AvgIpc) is 3.00. The van der Waals surface area contributed by atoms with E-state index in [4.69, 9.17) is 18.9 Å². The maximum absolute atomic E-state index is 11.0. The van der Waals surface area contributed by atoms with Gasteiger partial charge in [-0.25, -0.2) is 9.97 Å². The molecule has 0 radical (unpaired) electrons. The summed E-state index contributed by atoms with van der Waals surface area (Å²) >= 11 is 1.43. The van der Waals surface area contributed by atoms with Gasteiger partial charge >= 0.3 is 0 Å². The molecule has 29 heavy (non-hydrogen) atoms. The number of rotatable bonds is 10. The molecule has 8 nitrogen and oxygen atoms in total. The van der Waals surface area contributed by atoms with Gasteiger partial charge in [-0.2, -0.15) is 0 Å². The molecule has 9 heteroatoms. The Balaban J connectivity index is 1.18. The highest BCUT2D eigenvalue weighted by atomic mass is 32.1. The van der Waals surface area contributed by atoms with Crippen LogP contribution in [-0.4, -0.2) is 60.6 Å². The largest absolute Gasteiger partial charge is 0.477 e. The average molecular weight is 422 g/mol. The molecule has 2 aromatic rings. The van der Waals surface area contributed by atoms with Crippen molar-refractivity contribution in [1.29, 1.82) is 0 Å². The van der Waals surface area contributed by atoms with Gasteiger partial charge in [0.2, 0.25) is 11.8 Å². The van der Waals surface area contributed by atoms with Crippen LogP contribution in [0, 0.1) is 5.92 Å². The second-order valence-corrected chi connectivity index (χ2v) is 8.69. The van der Waals surface area contributed by atoms with E-state index in [0.717, 1.165) is 36.2 Å². The lowest BCUT2D eigenvalue weighted by atomic mass is 9.83. The Bertz CT molecular complexity index is 835. The summed E-state index contributed by atoms with van der Waals surface area (Å²) in [6.45, 7) is 5.99. The standard InChI is InChI=1S/C20H27N3O5S/c1-12(21-13(2)24)9-26-16-7-14(8-16)10-27-18-4-3-17-19(23-18)29-20(22-17)28-11-15-5-6-25-15/h3-4,12,14-16H,5-11H2,1-2H3,(H,21,24)/t12-,14?,15?,16?/m0/s1. The Morgan fingerprint density at radius 3 is 2.86 bits per heavy atom. The van der Waals surface area contributed by atoms with Crippen LogP contribution in [0.25, 0.3) is 10.3 Å². The number of carbonyl (C=O) groups is 1. The molecule has 1 unspecified atom stereocenters. The van der Waals surface area contributed by atoms with Crippen LogP contribution in [0.5, 0.6) is 11.1 Å². The summed E-state index contributed by atoms with van der Waals surface area (Å²) in [6, 6.07) is 3.80. The van der Waals surface area contributed by atoms with Crippen molar-refractivity contribution >= 4 is 27.6 Å². The van der Waals surface area contributed by atoms with Crippen molar-refractivity contribution in [1.82, 2.24) is 15.3 Å². The normalized spacial score (nSPS) is 24.4. The van der Waals surface area contributed by atoms with Gasteiger partial charge in [0.25, 0.3) is 5.19 Å². The van der Waals surface area contributed by atoms with Gasteiger partial charge in [-0.05, 0) is 31.7 Å². The molecule has 1 N–H and O–H groups in total. The summed E-state index contributed by atoms with van der Waals surface area (Å²) in [6.07, 6.45) is 3.42. The number of pyridine rings is 1. The summed E-state index contributed by atoms with van der Waals surface area (Å²) in [4.78, 5) is 20.8. The van der Waals surface area contributed by atoms with Crippen molar-refractivity contribution in [2.75, 3.05) is 26.4 Å². The van der Waals surface area contributed by atoms with Gasteiger partial charge < -0.3 is 24.3 Å². The van der Waals surface area contributed by atoms with Gasteiger partial charge in [-0.15, -0.1) is 0 Å². The number of carbonyl (C=O) groups excluding carboxylic acids is 1. The second kappa shape index (κ2) is 9.23. The van der Waals surface area contributed by atoms with Crippen molar-refractivity contribution in [2.24, 2.45) is 5.92 Å². The summed E-state index contributed by atoms with van der Waals surface area (Å²) in [5.74, 6) is 1.05. The first-order chi connectivity index (χ1) is 14.0. The van der Waals surface area contributed by atoms with Crippen LogP contribution >= 0.6 is 11.3 Å². The molecule has 0 spiro atoms. The molecule has 3 heterocycles. The van der Waals surface area contributed by atoms with Crippen molar-refractivity contribution < 1.29 is 23.7 Å². The van der Waals surface area contributed by atoms with E-state index in [1.54, 1.807) is 0 Å². The summed E-state index contributed by atoms with van der Waals surface area (Å²) in [5, 5.41) is 3.44. The SMILES string of the molecule is CC(=O)N[C@@H](C)COC1CC(COc2ccc3nc(OCC4CCO4)sc3n2)C1. The van der Waals surface area contributed by atoms with E-state index < -0.39 is 0 Å². The van der Waals surface area contributed by atoms with E-state index >= 15 is 0 Å². The van der Waals surface area contributed by atoms with Gasteiger partial charge in [0, 0.05) is 32.1 Å². The molecule has 4 rings (SSSR count). The zero-order valence-corrected chi connectivity index (χ0v) is 17.6. The van der Waals surface area contributed by atoms with Crippen LogP contribution < -0.4 is 14.8 Å². The maximum Gasteiger partial charge on any atom is 0.275 e. The lowest BCUT2D eigenvalue weighted by molar-refractivity contribution is -0.120. The number of thiazole rings is 1. The monoisotopic (exact) mass is 421 g/mol. The number of hydrogen-bond donors (Lipinski definition) is 1. The Labute approximate surface area is 173 Å². The second-order valence-electron chi connectivity index (χ2n) is 7.75. The minimum absolute atomic E-state index is 0.0301. The molecule has 2 fully saturated rings. The predicted molar refractivity (Wildman–Crippen MR) is 109 cm³/mol. The van der Waals surface area contributed by atoms with Crippen LogP contribution in [-0.2, 0) is 14.3 Å². The van der Waals surface area contributed by atoms with Crippen LogP contribution in [0.2, 0.25) is 0 Å². The fraction of sp³-hybridized carbons (Fsp3) is 0.650. The highest BCUT2D eigenvalue weighted by Gasteiger charge is 2.31. The molecule has 1 aliphatic heterocycles. The third kappa shape index (κ3) is 5.55. The van der Waals surface area contributed by atoms with Gasteiger partial charge in [-0.1, -0.05) is 11.3 Å². The van der Waals surface area contributed by atoms with E-state index in [9.17, 15) is 4.79 Å². The first-order valence-corrected chi connectivity index (χ1v) is 10.9. The first-order valence-electron chi connectivity index (χ1n) is 10.1. The molecule has 1 amide bonds. The molecule has 158 valence electrons. The quantitative estimate of drug-likeness (QED) is 0.630. The summed E-state index contributed by atoms with van der Waals surface area (Å²) < 4.78 is 22.7. The van der Waals surface area contributed by atoms with Gasteiger partial charge in [0.1, 0.15) is 12.1 Å². The Morgan fingerprint density at radius 1 is 1.31 bits per heavy atom. The molecular weight excluding hydrogens is 394 g/mol. The molecule has 2 aromatic heterocycles. The molecule has 0 bridgehead atoms. The fourth-order valence-corrected chi connectivity index (χ4v) is 4.11. The number of hydrogen-bond acceptors (Lipinski definition) is 8. The number of fused-ring (bicyclic) bond motifs is 1. The number of nitrogens with zero attached hydrogens (tertiary/aromatic N) is 2. The highest BCUT2D eigenvalue weighted by molar-refractivity contribution is 7.19. The smallest absolute Gasteiger partial charge is 0.275 e. The molecule has 1 saturated carbocycles. The summed E-state index contributed by atoms with van der Waals surface area (Å²) in [5.41, 5.74) is 0.817. The van der Waals surface area contributed by atoms with Crippen molar-refractivity contribution in [2.45, 2.75) is 51.4 Å². The third-order valence-corrected chi connectivity index (χ3v) is 5.96. The van der Waals surface area contributed by atoms with Crippen molar-refractivity contribution in [3.8, 4) is 11.1 Å². The molecule has 2 aliphatic rings. The minimum Gasteiger partial charge on any atom is -0.477 e. The first kappa shape index (κ1) is 20.3. The Kier molecular flexibility index (Phi) is 6.46. The zero-order valence-electron chi connectivity index (χ0n) is 16.8. The lowest BCUT2D eigenvalue weighted by Gasteiger charge is -2.35. The third-order valence-electron chi connectivity index (χ3n) is 5.09. The van der Waals surface area contributed by atoms with Gasteiger partial charge in [0.15, 0.2) is 4.83 Å². The topological polar surface area (TPSA) is 91.8 Å². The predicted octanol–water partition coefficient (Wildman–Crippen LogP) is 2.56. The van der Waals surface area contributed by atoms with Gasteiger partial charge in [-0.3, -0.25) is 4.79 Å². The van der Waals surface area contributed by atoms with Crippen LogP contribution in [0.1, 0.15) is 33.1 Å². The molecular formula is C20H27N3O5S. The maximum atomic E-state index is 11.0. The minimum atomic E-state index is -0.0301. The van der Waals surface area contributed by atoms with Gasteiger partial charge in [0.05, 0.1) is 25.4 Å². The molecule has 0 aromatic carbocycles. The van der Waals surface area contributed by atoms with Crippen molar-refractivity contribution in [3.63, 3.8) is 0 Å². The number of nitrogens with one attached hydrogen (secondary N) is 1. The molecule has 2 atom stereocenters. The number of aromatic nitrogens is 2. The summed E-state index contributed by atoms with van der Waals surface area (Å²) in [7, 11) is 0. The van der Waals surface area contributed by atoms with Crippen LogP contribution in [0.15, 0.2) is 12.1 Å². The fourth-order valence-electron chi connectivity index (χ4n) is 3.32. The molecule has 1 aliphatic carbocycles. The van der Waals surface area contributed by atoms with Crippen LogP contribution in [0.3, 0.4) is 0 Å². The molecule has 1 saturated heterocycles. The number of ether oxygens (including phenoxy) is 4. The Morgan fingerprint density at radius 2 is 2.14 bits per heavy atom. The van der Waals surface area contributed by atoms with Crippen LogP contribution in [0.4, 0.5) is 0 Å². The zero-order chi connectivity index (χ0) is 20.2. The van der Waals surface area contributed by atoms with E-state index in [-0.39, 0.29) is 24.2 Å². The Hall–Kier alpha value is -1.97. The highest BCUT2D eigenvalue weighted by Crippen LogP contribution is 2.32. The van der Waals surface area contributed by atoms with E-state index in [1.165, 1.54) is 18.3 Å². The van der Waals surface area contributed by atoms with E-state index in [0.29, 0.717) is 36.8 Å². The lowest BCUT2D eigenvalue weighted by Crippen LogP contribution is -2.40. The number of amides is 1. The van der Waals surface area contributed by atoms with Crippen molar-refractivity contribution in [3.05, 3.63) is 12.1 Å². The van der Waals surface area contributed by atoms with E-state index in [1.807, 2.05) is 19.1 Å². The van der Waals surface area contributed by atoms with E-state index in [2.05, 4.69) is 15.3 Å².